The molecule has 42 heavy (non-hydrogen) atoms. The summed E-state index contributed by atoms with van der Waals surface area (Å²) in [6.45, 7) is 3.95. The number of hydrogen-bond acceptors (Lipinski definition) is 7. The first-order valence-corrected chi connectivity index (χ1v) is 14.0. The number of carbonyl (C=O) groups is 5. The summed E-state index contributed by atoms with van der Waals surface area (Å²) >= 11 is 0. The first-order valence-electron chi connectivity index (χ1n) is 14.0. The molecular weight excluding hydrogens is 540 g/mol. The highest BCUT2D eigenvalue weighted by atomic mass is 16.5. The van der Waals surface area contributed by atoms with E-state index in [1.165, 1.54) is 19.1 Å². The molecule has 0 aromatic heterocycles. The molecule has 4 N–H and O–H groups in total. The molecule has 224 valence electrons. The first kappa shape index (κ1) is 31.9. The lowest BCUT2D eigenvalue weighted by Crippen LogP contribution is -2.55. The summed E-state index contributed by atoms with van der Waals surface area (Å²) in [5.41, 5.74) is 1.60. The maximum atomic E-state index is 13.5. The maximum Gasteiger partial charge on any atom is 0.408 e. The minimum Gasteiger partial charge on any atom is -0.463 e. The zero-order valence-electron chi connectivity index (χ0n) is 23.8. The quantitative estimate of drug-likeness (QED) is 0.198. The number of carbonyl (C=O) groups excluding carboxylic acids is 5. The third kappa shape index (κ3) is 10.7. The van der Waals surface area contributed by atoms with Crippen molar-refractivity contribution in [3.8, 4) is 0 Å². The molecule has 11 heteroatoms. The normalized spacial score (nSPS) is 16.5. The van der Waals surface area contributed by atoms with Crippen LogP contribution in [-0.2, 0) is 41.7 Å². The van der Waals surface area contributed by atoms with Gasteiger partial charge in [0.25, 0.3) is 0 Å². The Bertz CT molecular complexity index is 1240. The molecule has 11 nitrogen and oxygen atoms in total. The third-order valence-electron chi connectivity index (χ3n) is 6.64. The van der Waals surface area contributed by atoms with Gasteiger partial charge in [0.1, 0.15) is 18.7 Å². The van der Waals surface area contributed by atoms with Crippen molar-refractivity contribution in [1.82, 2.24) is 21.3 Å². The van der Waals surface area contributed by atoms with Crippen LogP contribution in [0, 0.1) is 5.92 Å². The number of alkyl carbamates (subject to hydrolysis) is 1. The van der Waals surface area contributed by atoms with E-state index >= 15 is 0 Å². The Morgan fingerprint density at radius 2 is 1.60 bits per heavy atom. The van der Waals surface area contributed by atoms with Gasteiger partial charge >= 0.3 is 12.1 Å². The number of nitrogens with one attached hydrogen (secondary N) is 4. The van der Waals surface area contributed by atoms with Crippen LogP contribution in [0.25, 0.3) is 0 Å². The molecule has 3 rings (SSSR count). The number of rotatable bonds is 14. The lowest BCUT2D eigenvalue weighted by molar-refractivity contribution is -0.137. The highest BCUT2D eigenvalue weighted by Crippen LogP contribution is 2.17. The van der Waals surface area contributed by atoms with Gasteiger partial charge in [-0.3, -0.25) is 14.4 Å². The Hall–Kier alpha value is -4.67. The van der Waals surface area contributed by atoms with Gasteiger partial charge in [-0.05, 0) is 37.8 Å². The maximum absolute atomic E-state index is 13.5. The van der Waals surface area contributed by atoms with Crippen LogP contribution in [-0.4, -0.2) is 61.1 Å². The fourth-order valence-corrected chi connectivity index (χ4v) is 4.39. The SMILES string of the molecule is CCOC(=O)C=C[C@H](C[C@@H]1CCNC1=O)NC(=O)[C@H](Cc1ccccc1)NC(=O)[C@H](C)NC(=O)OCc1ccccc1. The smallest absolute Gasteiger partial charge is 0.408 e. The summed E-state index contributed by atoms with van der Waals surface area (Å²) in [6.07, 6.45) is 2.98. The highest BCUT2D eigenvalue weighted by Gasteiger charge is 2.30. The summed E-state index contributed by atoms with van der Waals surface area (Å²) in [6, 6.07) is 15.6. The molecule has 1 saturated heterocycles. The van der Waals surface area contributed by atoms with E-state index in [-0.39, 0.29) is 37.9 Å². The van der Waals surface area contributed by atoms with Gasteiger partial charge < -0.3 is 30.7 Å². The average molecular weight is 579 g/mol. The minimum absolute atomic E-state index is 0.0414. The number of hydrogen-bond donors (Lipinski definition) is 4. The fourth-order valence-electron chi connectivity index (χ4n) is 4.39. The van der Waals surface area contributed by atoms with Crippen LogP contribution in [0.3, 0.4) is 0 Å². The lowest BCUT2D eigenvalue weighted by atomic mass is 9.97. The van der Waals surface area contributed by atoms with Gasteiger partial charge in [-0.15, -0.1) is 0 Å². The summed E-state index contributed by atoms with van der Waals surface area (Å²) in [4.78, 5) is 63.0. The number of esters is 1. The molecule has 1 fully saturated rings. The van der Waals surface area contributed by atoms with Crippen LogP contribution in [0.1, 0.15) is 37.8 Å². The van der Waals surface area contributed by atoms with Crippen LogP contribution in [0.2, 0.25) is 0 Å². The molecule has 0 aliphatic carbocycles. The van der Waals surface area contributed by atoms with E-state index in [1.54, 1.807) is 6.92 Å². The second kappa shape index (κ2) is 16.6. The van der Waals surface area contributed by atoms with E-state index < -0.39 is 42.0 Å². The minimum atomic E-state index is -1.01. The van der Waals surface area contributed by atoms with Gasteiger partial charge in [-0.2, -0.15) is 0 Å². The van der Waals surface area contributed by atoms with E-state index in [4.69, 9.17) is 9.47 Å². The summed E-state index contributed by atoms with van der Waals surface area (Å²) in [5.74, 6) is -2.12. The monoisotopic (exact) mass is 578 g/mol. The number of ether oxygens (including phenoxy) is 2. The lowest BCUT2D eigenvalue weighted by Gasteiger charge is -2.24. The first-order chi connectivity index (χ1) is 20.2. The van der Waals surface area contributed by atoms with Crippen molar-refractivity contribution in [3.63, 3.8) is 0 Å². The second-order valence-corrected chi connectivity index (χ2v) is 9.92. The van der Waals surface area contributed by atoms with Crippen LogP contribution < -0.4 is 21.3 Å². The zero-order valence-corrected chi connectivity index (χ0v) is 23.8. The van der Waals surface area contributed by atoms with E-state index in [0.717, 1.165) is 11.1 Å². The summed E-state index contributed by atoms with van der Waals surface area (Å²) < 4.78 is 10.1. The standard InChI is InChI=1S/C31H38N4O7/c1-3-41-27(36)15-14-25(19-24-16-17-32-29(24)38)34-30(39)26(18-22-10-6-4-7-11-22)35-28(37)21(2)33-31(40)42-20-23-12-8-5-9-13-23/h4-15,21,24-26H,3,16-20H2,1-2H3,(H,32,38)(H,33,40)(H,34,39)(H,35,37)/t21-,24-,25+,26-/m0/s1. The van der Waals surface area contributed by atoms with E-state index in [2.05, 4.69) is 21.3 Å². The van der Waals surface area contributed by atoms with Gasteiger partial charge in [-0.25, -0.2) is 9.59 Å². The van der Waals surface area contributed by atoms with Gasteiger partial charge in [0, 0.05) is 31.0 Å². The van der Waals surface area contributed by atoms with E-state index in [1.807, 2.05) is 60.7 Å². The van der Waals surface area contributed by atoms with Crippen molar-refractivity contribution in [2.24, 2.45) is 5.92 Å². The van der Waals surface area contributed by atoms with Crippen LogP contribution in [0.15, 0.2) is 72.8 Å². The number of amides is 4. The summed E-state index contributed by atoms with van der Waals surface area (Å²) in [5, 5.41) is 10.8. The van der Waals surface area contributed by atoms with Crippen LogP contribution in [0.5, 0.6) is 0 Å². The zero-order chi connectivity index (χ0) is 30.3. The van der Waals surface area contributed by atoms with Crippen molar-refractivity contribution < 1.29 is 33.4 Å². The Morgan fingerprint density at radius 3 is 2.21 bits per heavy atom. The molecule has 1 aliphatic rings. The molecule has 0 spiro atoms. The average Bonchev–Trinajstić information content (AvgIpc) is 3.39. The Kier molecular flexibility index (Phi) is 12.6. The van der Waals surface area contributed by atoms with Crippen molar-refractivity contribution in [2.45, 2.75) is 57.8 Å². The Morgan fingerprint density at radius 1 is 0.929 bits per heavy atom. The summed E-state index contributed by atoms with van der Waals surface area (Å²) in [7, 11) is 0. The van der Waals surface area contributed by atoms with Gasteiger partial charge in [0.2, 0.25) is 17.7 Å². The predicted octanol–water partition coefficient (Wildman–Crippen LogP) is 2.16. The topological polar surface area (TPSA) is 152 Å². The van der Waals surface area contributed by atoms with Gasteiger partial charge in [-0.1, -0.05) is 66.7 Å². The third-order valence-corrected chi connectivity index (χ3v) is 6.64. The Balaban J connectivity index is 1.68. The molecular formula is C31H38N4O7. The Labute approximate surface area is 245 Å². The largest absolute Gasteiger partial charge is 0.463 e. The predicted molar refractivity (Wildman–Crippen MR) is 155 cm³/mol. The molecule has 0 unspecified atom stereocenters. The van der Waals surface area contributed by atoms with Gasteiger partial charge in [0.15, 0.2) is 0 Å². The van der Waals surface area contributed by atoms with Crippen LogP contribution in [0.4, 0.5) is 4.79 Å². The van der Waals surface area contributed by atoms with Gasteiger partial charge in [0.05, 0.1) is 6.61 Å². The molecule has 4 amide bonds. The highest BCUT2D eigenvalue weighted by molar-refractivity contribution is 5.91. The van der Waals surface area contributed by atoms with E-state index in [9.17, 15) is 24.0 Å². The number of benzene rings is 2. The molecule has 2 aromatic rings. The van der Waals surface area contributed by atoms with Crippen molar-refractivity contribution in [1.29, 1.82) is 0 Å². The molecule has 1 aliphatic heterocycles. The molecule has 0 bridgehead atoms. The van der Waals surface area contributed by atoms with Crippen molar-refractivity contribution in [2.75, 3.05) is 13.2 Å². The molecule has 1 heterocycles. The molecule has 4 atom stereocenters. The van der Waals surface area contributed by atoms with E-state index in [0.29, 0.717) is 13.0 Å². The molecule has 2 aromatic carbocycles. The van der Waals surface area contributed by atoms with Crippen molar-refractivity contribution >= 4 is 29.8 Å². The second-order valence-electron chi connectivity index (χ2n) is 9.92. The van der Waals surface area contributed by atoms with Crippen molar-refractivity contribution in [3.05, 3.63) is 83.9 Å². The molecule has 0 radical (unpaired) electrons. The van der Waals surface area contributed by atoms with Crippen LogP contribution >= 0.6 is 0 Å². The fraction of sp³-hybridized carbons (Fsp3) is 0.387. The molecule has 0 saturated carbocycles.